The van der Waals surface area contributed by atoms with Crippen LogP contribution in [-0.2, 0) is 0 Å². The molecule has 0 saturated carbocycles. The highest BCUT2D eigenvalue weighted by atomic mass is 35.5. The van der Waals surface area contributed by atoms with Gasteiger partial charge in [0.1, 0.15) is 5.75 Å². The second-order valence-electron chi connectivity index (χ2n) is 3.22. The van der Waals surface area contributed by atoms with Gasteiger partial charge < -0.3 is 19.3 Å². The van der Waals surface area contributed by atoms with Crippen LogP contribution >= 0.6 is 11.6 Å². The van der Waals surface area contributed by atoms with Crippen LogP contribution in [0.2, 0.25) is 5.02 Å². The monoisotopic (exact) mass is 246 g/mol. The minimum Gasteiger partial charge on any atom is -0.496 e. The summed E-state index contributed by atoms with van der Waals surface area (Å²) in [5, 5.41) is 9.94. The van der Waals surface area contributed by atoms with Crippen LogP contribution in [0.15, 0.2) is 6.07 Å². The Labute approximate surface area is 99.7 Å². The summed E-state index contributed by atoms with van der Waals surface area (Å²) in [5.41, 5.74) is 0.488. The van der Waals surface area contributed by atoms with Gasteiger partial charge in [-0.25, -0.2) is 0 Å². The van der Waals surface area contributed by atoms with Crippen molar-refractivity contribution in [3.05, 3.63) is 16.7 Å². The van der Waals surface area contributed by atoms with E-state index in [1.807, 2.05) is 0 Å². The average Bonchev–Trinajstić information content (AvgIpc) is 2.26. The Morgan fingerprint density at radius 3 is 2.06 bits per heavy atom. The highest BCUT2D eigenvalue weighted by Crippen LogP contribution is 2.45. The molecule has 0 bridgehead atoms. The second-order valence-corrected chi connectivity index (χ2v) is 3.60. The summed E-state index contributed by atoms with van der Waals surface area (Å²) in [5.74, 6) is 1.33. The third-order valence-electron chi connectivity index (χ3n) is 2.25. The molecule has 1 N–H and O–H groups in total. The first kappa shape index (κ1) is 12.9. The first-order chi connectivity index (χ1) is 7.56. The fourth-order valence-corrected chi connectivity index (χ4v) is 1.92. The van der Waals surface area contributed by atoms with E-state index in [2.05, 4.69) is 0 Å². The first-order valence-electron chi connectivity index (χ1n) is 4.73. The third-order valence-corrected chi connectivity index (χ3v) is 2.62. The molecule has 0 aliphatic rings. The first-order valence-corrected chi connectivity index (χ1v) is 5.11. The van der Waals surface area contributed by atoms with E-state index in [1.165, 1.54) is 21.3 Å². The summed E-state index contributed by atoms with van der Waals surface area (Å²) in [7, 11) is 4.50. The fourth-order valence-electron chi connectivity index (χ4n) is 1.50. The molecule has 0 fully saturated rings. The molecule has 5 heteroatoms. The smallest absolute Gasteiger partial charge is 0.180 e. The summed E-state index contributed by atoms with van der Waals surface area (Å²) in [6.07, 6.45) is -0.748. The van der Waals surface area contributed by atoms with E-state index < -0.39 is 6.10 Å². The van der Waals surface area contributed by atoms with Crippen molar-refractivity contribution in [2.75, 3.05) is 21.3 Å². The SMILES string of the molecule is COc1cc(OC)c(C(C)O)c(Cl)c1OC. The number of aliphatic hydroxyl groups is 1. The van der Waals surface area contributed by atoms with E-state index in [-0.39, 0.29) is 0 Å². The highest BCUT2D eigenvalue weighted by Gasteiger charge is 2.21. The zero-order valence-electron chi connectivity index (χ0n) is 9.70. The number of benzene rings is 1. The predicted molar refractivity (Wildman–Crippen MR) is 61.7 cm³/mol. The Bertz CT molecular complexity index is 377. The molecule has 1 aromatic rings. The maximum Gasteiger partial charge on any atom is 0.180 e. The molecule has 0 radical (unpaired) electrons. The van der Waals surface area contributed by atoms with Gasteiger partial charge in [0.2, 0.25) is 0 Å². The minimum atomic E-state index is -0.748. The van der Waals surface area contributed by atoms with Crippen LogP contribution < -0.4 is 14.2 Å². The van der Waals surface area contributed by atoms with Gasteiger partial charge in [-0.05, 0) is 6.92 Å². The summed E-state index contributed by atoms with van der Waals surface area (Å²) in [4.78, 5) is 0. The van der Waals surface area contributed by atoms with Crippen molar-refractivity contribution >= 4 is 11.6 Å². The summed E-state index contributed by atoms with van der Waals surface area (Å²) >= 11 is 6.13. The second kappa shape index (κ2) is 5.27. The number of halogens is 1. The number of hydrogen-bond acceptors (Lipinski definition) is 4. The van der Waals surface area contributed by atoms with E-state index in [0.717, 1.165) is 0 Å². The lowest BCUT2D eigenvalue weighted by Crippen LogP contribution is -2.01. The topological polar surface area (TPSA) is 47.9 Å². The number of ether oxygens (including phenoxy) is 3. The fraction of sp³-hybridized carbons (Fsp3) is 0.455. The minimum absolute atomic E-state index is 0.300. The molecule has 0 saturated heterocycles. The van der Waals surface area contributed by atoms with Crippen LogP contribution in [0, 0.1) is 0 Å². The van der Waals surface area contributed by atoms with Crippen molar-refractivity contribution in [1.82, 2.24) is 0 Å². The molecule has 1 aromatic carbocycles. The molecule has 4 nitrogen and oxygen atoms in total. The van der Waals surface area contributed by atoms with Crippen molar-refractivity contribution in [2.24, 2.45) is 0 Å². The van der Waals surface area contributed by atoms with Crippen LogP contribution in [0.5, 0.6) is 17.2 Å². The van der Waals surface area contributed by atoms with Crippen molar-refractivity contribution in [1.29, 1.82) is 0 Å². The van der Waals surface area contributed by atoms with Crippen LogP contribution in [0.1, 0.15) is 18.6 Å². The van der Waals surface area contributed by atoms with Crippen molar-refractivity contribution in [3.8, 4) is 17.2 Å². The molecule has 1 rings (SSSR count). The van der Waals surface area contributed by atoms with Gasteiger partial charge >= 0.3 is 0 Å². The van der Waals surface area contributed by atoms with Gasteiger partial charge in [-0.15, -0.1) is 0 Å². The number of aliphatic hydroxyl groups excluding tert-OH is 1. The molecule has 0 aliphatic heterocycles. The molecular formula is C11H15ClO4. The normalized spacial score (nSPS) is 12.1. The number of hydrogen-bond donors (Lipinski definition) is 1. The molecule has 1 unspecified atom stereocenters. The van der Waals surface area contributed by atoms with Crippen LogP contribution in [0.25, 0.3) is 0 Å². The number of methoxy groups -OCH3 is 3. The number of rotatable bonds is 4. The molecule has 16 heavy (non-hydrogen) atoms. The van der Waals surface area contributed by atoms with Crippen LogP contribution in [0.4, 0.5) is 0 Å². The Hall–Kier alpha value is -1.13. The van der Waals surface area contributed by atoms with Gasteiger partial charge in [0.05, 0.1) is 32.5 Å². The van der Waals surface area contributed by atoms with Crippen LogP contribution in [0.3, 0.4) is 0 Å². The Balaban J connectivity index is 3.48. The summed E-state index contributed by atoms with van der Waals surface area (Å²) < 4.78 is 15.4. The molecule has 0 aromatic heterocycles. The van der Waals surface area contributed by atoms with Gasteiger partial charge in [-0.1, -0.05) is 11.6 Å². The molecular weight excluding hydrogens is 232 g/mol. The Morgan fingerprint density at radius 1 is 1.12 bits per heavy atom. The lowest BCUT2D eigenvalue weighted by Gasteiger charge is -2.18. The molecule has 0 aliphatic carbocycles. The van der Waals surface area contributed by atoms with Crippen LogP contribution in [-0.4, -0.2) is 26.4 Å². The molecule has 1 atom stereocenters. The van der Waals surface area contributed by atoms with E-state index in [0.29, 0.717) is 27.8 Å². The van der Waals surface area contributed by atoms with Gasteiger partial charge in [-0.3, -0.25) is 0 Å². The Morgan fingerprint density at radius 2 is 1.69 bits per heavy atom. The van der Waals surface area contributed by atoms with Crippen molar-refractivity contribution in [3.63, 3.8) is 0 Å². The van der Waals surface area contributed by atoms with Gasteiger partial charge in [-0.2, -0.15) is 0 Å². The van der Waals surface area contributed by atoms with Gasteiger partial charge in [0.25, 0.3) is 0 Å². The maximum absolute atomic E-state index is 9.64. The zero-order valence-corrected chi connectivity index (χ0v) is 10.5. The van der Waals surface area contributed by atoms with Crippen molar-refractivity contribution in [2.45, 2.75) is 13.0 Å². The third kappa shape index (κ3) is 2.18. The predicted octanol–water partition coefficient (Wildman–Crippen LogP) is 2.42. The maximum atomic E-state index is 9.64. The molecule has 0 heterocycles. The molecule has 0 amide bonds. The van der Waals surface area contributed by atoms with Crippen molar-refractivity contribution < 1.29 is 19.3 Å². The quantitative estimate of drug-likeness (QED) is 0.886. The lowest BCUT2D eigenvalue weighted by molar-refractivity contribution is 0.193. The van der Waals surface area contributed by atoms with E-state index in [4.69, 9.17) is 25.8 Å². The largest absolute Gasteiger partial charge is 0.496 e. The molecule has 0 spiro atoms. The highest BCUT2D eigenvalue weighted by molar-refractivity contribution is 6.33. The summed E-state index contributed by atoms with van der Waals surface area (Å²) in [6, 6.07) is 1.63. The van der Waals surface area contributed by atoms with E-state index in [9.17, 15) is 5.11 Å². The summed E-state index contributed by atoms with van der Waals surface area (Å²) in [6.45, 7) is 1.61. The van der Waals surface area contributed by atoms with E-state index >= 15 is 0 Å². The van der Waals surface area contributed by atoms with E-state index in [1.54, 1.807) is 13.0 Å². The van der Waals surface area contributed by atoms with Gasteiger partial charge in [0.15, 0.2) is 11.5 Å². The Kier molecular flexibility index (Phi) is 4.26. The molecule has 90 valence electrons. The standard InChI is InChI=1S/C11H15ClO4/c1-6(13)9-7(14-2)5-8(15-3)11(16-4)10(9)12/h5-6,13H,1-4H3. The lowest BCUT2D eigenvalue weighted by atomic mass is 10.1. The average molecular weight is 247 g/mol. The van der Waals surface area contributed by atoms with Gasteiger partial charge in [0, 0.05) is 11.6 Å². The zero-order chi connectivity index (χ0) is 12.3.